The topological polar surface area (TPSA) is 39.9 Å². The first kappa shape index (κ1) is 18.1. The molecule has 0 aliphatic carbocycles. The lowest BCUT2D eigenvalue weighted by atomic mass is 10.0. The third-order valence-corrected chi connectivity index (χ3v) is 3.92. The van der Waals surface area contributed by atoms with E-state index in [2.05, 4.69) is 37.0 Å². The van der Waals surface area contributed by atoms with Gasteiger partial charge >= 0.3 is 0 Å². The predicted molar refractivity (Wildman–Crippen MR) is 91.0 cm³/mol. The number of rotatable bonds is 2. The van der Waals surface area contributed by atoms with Crippen LogP contribution in [0.1, 0.15) is 16.9 Å². The van der Waals surface area contributed by atoms with Crippen LogP contribution in [0.4, 0.5) is 5.69 Å². The van der Waals surface area contributed by atoms with Crippen LogP contribution >= 0.6 is 24.8 Å². The molecule has 3 rings (SSSR count). The van der Waals surface area contributed by atoms with Crippen LogP contribution in [-0.4, -0.2) is 37.7 Å². The lowest BCUT2D eigenvalue weighted by Gasteiger charge is -2.18. The normalized spacial score (nSPS) is 14.3. The van der Waals surface area contributed by atoms with Crippen LogP contribution in [0.2, 0.25) is 0 Å². The summed E-state index contributed by atoms with van der Waals surface area (Å²) in [5.74, 6) is 0.709. The number of furan rings is 1. The molecule has 2 aromatic rings. The SMILES string of the molecule is CN1CCc2c(N(C)C)ccc3oc(CO)c(c23)C1.Cl.Cl. The van der Waals surface area contributed by atoms with Gasteiger partial charge in [0.15, 0.2) is 0 Å². The Morgan fingerprint density at radius 3 is 2.57 bits per heavy atom. The van der Waals surface area contributed by atoms with Crippen LogP contribution in [0.5, 0.6) is 0 Å². The summed E-state index contributed by atoms with van der Waals surface area (Å²) in [6.07, 6.45) is 1.01. The van der Waals surface area contributed by atoms with Crippen molar-refractivity contribution in [2.75, 3.05) is 32.6 Å². The molecule has 0 saturated carbocycles. The van der Waals surface area contributed by atoms with Gasteiger partial charge in [0.05, 0.1) is 0 Å². The standard InChI is InChI=1S/C15H20N2O2.2ClH/c1-16(2)12-4-5-13-15-10(12)6-7-17(3)8-11(15)14(9-18)19-13;;/h4-5,18H,6-9H2,1-3H3;2*1H. The summed E-state index contributed by atoms with van der Waals surface area (Å²) in [7, 11) is 6.25. The maximum absolute atomic E-state index is 9.50. The minimum absolute atomic E-state index is 0. The van der Waals surface area contributed by atoms with Gasteiger partial charge in [-0.3, -0.25) is 0 Å². The molecule has 0 atom stereocenters. The van der Waals surface area contributed by atoms with E-state index >= 15 is 0 Å². The molecule has 0 spiro atoms. The maximum Gasteiger partial charge on any atom is 0.135 e. The summed E-state index contributed by atoms with van der Waals surface area (Å²) in [4.78, 5) is 4.43. The highest BCUT2D eigenvalue weighted by Gasteiger charge is 2.23. The minimum Gasteiger partial charge on any atom is -0.458 e. The molecule has 0 amide bonds. The second-order valence-corrected chi connectivity index (χ2v) is 5.48. The van der Waals surface area contributed by atoms with Gasteiger partial charge in [0, 0.05) is 43.8 Å². The van der Waals surface area contributed by atoms with Crippen molar-refractivity contribution in [3.05, 3.63) is 29.0 Å². The second kappa shape index (κ2) is 6.88. The Morgan fingerprint density at radius 1 is 1.24 bits per heavy atom. The van der Waals surface area contributed by atoms with Gasteiger partial charge in [-0.2, -0.15) is 0 Å². The van der Waals surface area contributed by atoms with E-state index in [4.69, 9.17) is 4.42 Å². The molecule has 6 heteroatoms. The molecule has 1 aliphatic heterocycles. The zero-order valence-corrected chi connectivity index (χ0v) is 14.2. The lowest BCUT2D eigenvalue weighted by Crippen LogP contribution is -2.19. The van der Waals surface area contributed by atoms with Crippen LogP contribution in [0.15, 0.2) is 16.5 Å². The van der Waals surface area contributed by atoms with Gasteiger partial charge in [-0.25, -0.2) is 0 Å². The summed E-state index contributed by atoms with van der Waals surface area (Å²) in [6.45, 7) is 1.83. The van der Waals surface area contributed by atoms with Crippen LogP contribution < -0.4 is 4.90 Å². The molecule has 1 N–H and O–H groups in total. The lowest BCUT2D eigenvalue weighted by molar-refractivity contribution is 0.244. The first-order valence-electron chi connectivity index (χ1n) is 6.64. The Balaban J connectivity index is 0.00000110. The molecule has 0 bridgehead atoms. The van der Waals surface area contributed by atoms with Gasteiger partial charge in [-0.15, -0.1) is 24.8 Å². The molecule has 4 nitrogen and oxygen atoms in total. The summed E-state index contributed by atoms with van der Waals surface area (Å²) in [6, 6.07) is 4.12. The highest BCUT2D eigenvalue weighted by Crippen LogP contribution is 2.37. The Morgan fingerprint density at radius 2 is 1.95 bits per heavy atom. The van der Waals surface area contributed by atoms with Gasteiger partial charge in [0.1, 0.15) is 18.0 Å². The molecule has 21 heavy (non-hydrogen) atoms. The van der Waals surface area contributed by atoms with Crippen molar-refractivity contribution in [1.82, 2.24) is 4.90 Å². The van der Waals surface area contributed by atoms with Gasteiger partial charge in [-0.1, -0.05) is 0 Å². The summed E-state index contributed by atoms with van der Waals surface area (Å²) >= 11 is 0. The van der Waals surface area contributed by atoms with Gasteiger partial charge in [0.25, 0.3) is 0 Å². The zero-order chi connectivity index (χ0) is 13.6. The average Bonchev–Trinajstić information content (AvgIpc) is 2.63. The van der Waals surface area contributed by atoms with Crippen molar-refractivity contribution < 1.29 is 9.52 Å². The van der Waals surface area contributed by atoms with E-state index in [-0.39, 0.29) is 31.4 Å². The molecule has 0 fully saturated rings. The Bertz CT molecular complexity index is 626. The molecule has 1 aliphatic rings. The smallest absolute Gasteiger partial charge is 0.135 e. The van der Waals surface area contributed by atoms with E-state index in [1.54, 1.807) is 0 Å². The van der Waals surface area contributed by atoms with Crippen molar-refractivity contribution in [2.24, 2.45) is 0 Å². The molecule has 0 unspecified atom stereocenters. The third-order valence-electron chi connectivity index (χ3n) is 3.92. The fraction of sp³-hybridized carbons (Fsp3) is 0.467. The molecule has 1 aromatic carbocycles. The van der Waals surface area contributed by atoms with Crippen molar-refractivity contribution in [1.29, 1.82) is 0 Å². The molecule has 2 heterocycles. The fourth-order valence-corrected chi connectivity index (χ4v) is 2.98. The number of nitrogens with zero attached hydrogens (tertiary/aromatic N) is 2. The van der Waals surface area contributed by atoms with Gasteiger partial charge in [0.2, 0.25) is 0 Å². The van der Waals surface area contributed by atoms with E-state index < -0.39 is 0 Å². The largest absolute Gasteiger partial charge is 0.458 e. The van der Waals surface area contributed by atoms with E-state index in [0.717, 1.165) is 30.7 Å². The van der Waals surface area contributed by atoms with E-state index in [0.29, 0.717) is 5.76 Å². The Kier molecular flexibility index (Phi) is 5.93. The summed E-state index contributed by atoms with van der Waals surface area (Å²) in [5, 5.41) is 10.7. The van der Waals surface area contributed by atoms with Gasteiger partial charge in [-0.05, 0) is 31.2 Å². The number of likely N-dealkylation sites (N-methyl/N-ethyl adjacent to an activating group) is 1. The third kappa shape index (κ3) is 2.99. The van der Waals surface area contributed by atoms with E-state index in [1.165, 1.54) is 16.6 Å². The summed E-state index contributed by atoms with van der Waals surface area (Å²) in [5.41, 5.74) is 4.63. The van der Waals surface area contributed by atoms with Crippen molar-refractivity contribution in [3.8, 4) is 0 Å². The van der Waals surface area contributed by atoms with Crippen LogP contribution in [-0.2, 0) is 19.6 Å². The monoisotopic (exact) mass is 332 g/mol. The number of aliphatic hydroxyl groups excluding tert-OH is 1. The number of hydrogen-bond acceptors (Lipinski definition) is 4. The minimum atomic E-state index is -0.0331. The highest BCUT2D eigenvalue weighted by molar-refractivity contribution is 5.91. The zero-order valence-electron chi connectivity index (χ0n) is 12.5. The van der Waals surface area contributed by atoms with E-state index in [9.17, 15) is 5.11 Å². The second-order valence-electron chi connectivity index (χ2n) is 5.48. The molecule has 0 saturated heterocycles. The van der Waals surface area contributed by atoms with Crippen molar-refractivity contribution in [3.63, 3.8) is 0 Å². The number of aliphatic hydroxyl groups is 1. The number of hydrogen-bond donors (Lipinski definition) is 1. The highest BCUT2D eigenvalue weighted by atomic mass is 35.5. The Labute approximate surface area is 137 Å². The molecule has 0 radical (unpaired) electrons. The fourth-order valence-electron chi connectivity index (χ4n) is 2.98. The van der Waals surface area contributed by atoms with Crippen LogP contribution in [0, 0.1) is 0 Å². The first-order valence-corrected chi connectivity index (χ1v) is 6.64. The summed E-state index contributed by atoms with van der Waals surface area (Å²) < 4.78 is 5.80. The Hall–Kier alpha value is -0.940. The molecular formula is C15H22Cl2N2O2. The average molecular weight is 333 g/mol. The number of benzene rings is 1. The van der Waals surface area contributed by atoms with Gasteiger partial charge < -0.3 is 19.3 Å². The van der Waals surface area contributed by atoms with Crippen LogP contribution in [0.25, 0.3) is 11.0 Å². The number of anilines is 1. The van der Waals surface area contributed by atoms with Crippen molar-refractivity contribution >= 4 is 41.5 Å². The maximum atomic E-state index is 9.50. The molecule has 1 aromatic heterocycles. The quantitative estimate of drug-likeness (QED) is 0.917. The van der Waals surface area contributed by atoms with Crippen LogP contribution in [0.3, 0.4) is 0 Å². The number of halogens is 2. The van der Waals surface area contributed by atoms with E-state index in [1.807, 2.05) is 6.07 Å². The first-order chi connectivity index (χ1) is 9.11. The van der Waals surface area contributed by atoms with Crippen molar-refractivity contribution in [2.45, 2.75) is 19.6 Å². The predicted octanol–water partition coefficient (Wildman–Crippen LogP) is 2.82. The molecule has 118 valence electrons. The molecular weight excluding hydrogens is 311 g/mol.